The first-order valence-corrected chi connectivity index (χ1v) is 8.23. The number of ether oxygens (including phenoxy) is 1. The van der Waals surface area contributed by atoms with Crippen molar-refractivity contribution in [2.24, 2.45) is 0 Å². The van der Waals surface area contributed by atoms with Crippen molar-refractivity contribution in [3.63, 3.8) is 0 Å². The fourth-order valence-corrected chi connectivity index (χ4v) is 3.34. The average molecular weight is 335 g/mol. The number of aryl methyl sites for hydroxylation is 2. The number of carboxylic acid groups (broad SMARTS) is 1. The molecule has 6 nitrogen and oxygen atoms in total. The maximum absolute atomic E-state index is 12.5. The molecular formula is C16H17NO5S. The third-order valence-corrected chi connectivity index (χ3v) is 4.56. The summed E-state index contributed by atoms with van der Waals surface area (Å²) < 4.78 is 32.3. The van der Waals surface area contributed by atoms with E-state index in [1.165, 1.54) is 19.2 Å². The lowest BCUT2D eigenvalue weighted by atomic mass is 10.1. The van der Waals surface area contributed by atoms with E-state index in [1.807, 2.05) is 19.9 Å². The minimum atomic E-state index is -3.90. The zero-order chi connectivity index (χ0) is 17.2. The van der Waals surface area contributed by atoms with Gasteiger partial charge in [0.15, 0.2) is 0 Å². The van der Waals surface area contributed by atoms with Gasteiger partial charge in [-0.25, -0.2) is 13.2 Å². The summed E-state index contributed by atoms with van der Waals surface area (Å²) in [5.74, 6) is -1.16. The van der Waals surface area contributed by atoms with Gasteiger partial charge in [-0.15, -0.1) is 0 Å². The van der Waals surface area contributed by atoms with Crippen molar-refractivity contribution < 1.29 is 23.1 Å². The van der Waals surface area contributed by atoms with E-state index >= 15 is 0 Å². The van der Waals surface area contributed by atoms with E-state index in [9.17, 15) is 13.2 Å². The lowest BCUT2D eigenvalue weighted by molar-refractivity contribution is 0.0693. The minimum absolute atomic E-state index is 0.0999. The average Bonchev–Trinajstić information content (AvgIpc) is 2.44. The summed E-state index contributed by atoms with van der Waals surface area (Å²) in [6.45, 7) is 3.72. The Morgan fingerprint density at radius 1 is 1.09 bits per heavy atom. The number of aromatic carboxylic acids is 1. The third kappa shape index (κ3) is 3.81. The fraction of sp³-hybridized carbons (Fsp3) is 0.188. The molecule has 0 radical (unpaired) electrons. The van der Waals surface area contributed by atoms with E-state index in [0.717, 1.165) is 17.2 Å². The molecule has 0 bridgehead atoms. The first kappa shape index (κ1) is 16.8. The van der Waals surface area contributed by atoms with Crippen LogP contribution in [0, 0.1) is 13.8 Å². The topological polar surface area (TPSA) is 92.7 Å². The van der Waals surface area contributed by atoms with Crippen molar-refractivity contribution in [1.82, 2.24) is 0 Å². The molecule has 7 heteroatoms. The zero-order valence-corrected chi connectivity index (χ0v) is 13.8. The number of carbonyl (C=O) groups is 1. The number of nitrogens with one attached hydrogen (secondary N) is 1. The molecule has 2 rings (SSSR count). The van der Waals surface area contributed by atoms with Gasteiger partial charge in [-0.3, -0.25) is 4.72 Å². The number of hydrogen-bond acceptors (Lipinski definition) is 4. The number of anilines is 1. The van der Waals surface area contributed by atoms with Crippen molar-refractivity contribution in [1.29, 1.82) is 0 Å². The first-order valence-electron chi connectivity index (χ1n) is 6.75. The number of benzene rings is 2. The molecular weight excluding hydrogens is 318 g/mol. The molecule has 0 amide bonds. The predicted octanol–water partition coefficient (Wildman–Crippen LogP) is 2.81. The summed E-state index contributed by atoms with van der Waals surface area (Å²) in [4.78, 5) is 11.1. The van der Waals surface area contributed by atoms with E-state index in [4.69, 9.17) is 9.84 Å². The van der Waals surface area contributed by atoms with Crippen LogP contribution in [0.2, 0.25) is 0 Å². The summed E-state index contributed by atoms with van der Waals surface area (Å²) in [6, 6.07) is 9.02. The molecule has 2 aromatic rings. The standard InChI is InChI=1S/C16H17NO5S/c1-10-6-11(2)8-12(7-10)17-23(20,21)13-4-5-15(22-3)14(9-13)16(18)19/h4-9,17H,1-3H3,(H,18,19). The maximum Gasteiger partial charge on any atom is 0.339 e. The van der Waals surface area contributed by atoms with Gasteiger partial charge in [-0.05, 0) is 55.3 Å². The molecule has 0 atom stereocenters. The van der Waals surface area contributed by atoms with Gasteiger partial charge < -0.3 is 9.84 Å². The van der Waals surface area contributed by atoms with Gasteiger partial charge in [0, 0.05) is 5.69 Å². The van der Waals surface area contributed by atoms with Gasteiger partial charge in [-0.1, -0.05) is 6.07 Å². The van der Waals surface area contributed by atoms with Crippen LogP contribution in [0.5, 0.6) is 5.75 Å². The largest absolute Gasteiger partial charge is 0.496 e. The Bertz CT molecular complexity index is 839. The highest BCUT2D eigenvalue weighted by Gasteiger charge is 2.19. The van der Waals surface area contributed by atoms with Gasteiger partial charge in [-0.2, -0.15) is 0 Å². The predicted molar refractivity (Wildman–Crippen MR) is 86.7 cm³/mol. The Labute approximate surface area is 134 Å². The molecule has 23 heavy (non-hydrogen) atoms. The van der Waals surface area contributed by atoms with Crippen LogP contribution in [0.4, 0.5) is 5.69 Å². The molecule has 2 N–H and O–H groups in total. The second-order valence-corrected chi connectivity index (χ2v) is 6.83. The first-order chi connectivity index (χ1) is 10.7. The van der Waals surface area contributed by atoms with Gasteiger partial charge in [0.2, 0.25) is 0 Å². The number of methoxy groups -OCH3 is 1. The molecule has 0 aromatic heterocycles. The normalized spacial score (nSPS) is 11.1. The highest BCUT2D eigenvalue weighted by atomic mass is 32.2. The smallest absolute Gasteiger partial charge is 0.339 e. The molecule has 0 aliphatic carbocycles. The van der Waals surface area contributed by atoms with E-state index in [0.29, 0.717) is 5.69 Å². The minimum Gasteiger partial charge on any atom is -0.496 e. The van der Waals surface area contributed by atoms with Crippen molar-refractivity contribution >= 4 is 21.7 Å². The zero-order valence-electron chi connectivity index (χ0n) is 13.0. The third-order valence-electron chi connectivity index (χ3n) is 3.19. The summed E-state index contributed by atoms with van der Waals surface area (Å²) in [6.07, 6.45) is 0. The van der Waals surface area contributed by atoms with Crippen LogP contribution >= 0.6 is 0 Å². The van der Waals surface area contributed by atoms with Crippen LogP contribution < -0.4 is 9.46 Å². The summed E-state index contributed by atoms with van der Waals surface area (Å²) in [7, 11) is -2.57. The van der Waals surface area contributed by atoms with E-state index in [-0.39, 0.29) is 16.2 Å². The second-order valence-electron chi connectivity index (χ2n) is 5.15. The van der Waals surface area contributed by atoms with Crippen molar-refractivity contribution in [2.75, 3.05) is 11.8 Å². The quantitative estimate of drug-likeness (QED) is 0.876. The fourth-order valence-electron chi connectivity index (χ4n) is 2.27. The van der Waals surface area contributed by atoms with Crippen LogP contribution in [-0.2, 0) is 10.0 Å². The number of hydrogen-bond donors (Lipinski definition) is 2. The molecule has 0 saturated carbocycles. The Morgan fingerprint density at radius 2 is 1.70 bits per heavy atom. The van der Waals surface area contributed by atoms with Crippen LogP contribution in [0.3, 0.4) is 0 Å². The van der Waals surface area contributed by atoms with E-state index in [1.54, 1.807) is 12.1 Å². The van der Waals surface area contributed by atoms with Crippen LogP contribution in [0.1, 0.15) is 21.5 Å². The molecule has 122 valence electrons. The Kier molecular flexibility index (Phi) is 4.60. The van der Waals surface area contributed by atoms with Crippen molar-refractivity contribution in [3.8, 4) is 5.75 Å². The second kappa shape index (κ2) is 6.29. The lowest BCUT2D eigenvalue weighted by Gasteiger charge is -2.11. The maximum atomic E-state index is 12.5. The number of rotatable bonds is 5. The molecule has 2 aromatic carbocycles. The highest BCUT2D eigenvalue weighted by Crippen LogP contribution is 2.24. The lowest BCUT2D eigenvalue weighted by Crippen LogP contribution is -2.14. The molecule has 0 aliphatic heterocycles. The monoisotopic (exact) mass is 335 g/mol. The molecule has 0 fully saturated rings. The summed E-state index contributed by atoms with van der Waals surface area (Å²) >= 11 is 0. The summed E-state index contributed by atoms with van der Waals surface area (Å²) in [5.41, 5.74) is 2.05. The Balaban J connectivity index is 2.43. The molecule has 0 unspecified atom stereocenters. The SMILES string of the molecule is COc1ccc(S(=O)(=O)Nc2cc(C)cc(C)c2)cc1C(=O)O. The van der Waals surface area contributed by atoms with Crippen molar-refractivity contribution in [2.45, 2.75) is 18.7 Å². The van der Waals surface area contributed by atoms with Gasteiger partial charge >= 0.3 is 5.97 Å². The van der Waals surface area contributed by atoms with Crippen molar-refractivity contribution in [3.05, 3.63) is 53.1 Å². The van der Waals surface area contributed by atoms with Gasteiger partial charge in [0.1, 0.15) is 11.3 Å². The van der Waals surface area contributed by atoms with Crippen LogP contribution in [0.25, 0.3) is 0 Å². The summed E-state index contributed by atoms with van der Waals surface area (Å²) in [5, 5.41) is 9.15. The van der Waals surface area contributed by atoms with Gasteiger partial charge in [0.05, 0.1) is 12.0 Å². The van der Waals surface area contributed by atoms with E-state index in [2.05, 4.69) is 4.72 Å². The van der Waals surface area contributed by atoms with Crippen LogP contribution in [0.15, 0.2) is 41.3 Å². The molecule has 0 spiro atoms. The Hall–Kier alpha value is -2.54. The van der Waals surface area contributed by atoms with Gasteiger partial charge in [0.25, 0.3) is 10.0 Å². The molecule has 0 saturated heterocycles. The van der Waals surface area contributed by atoms with E-state index < -0.39 is 16.0 Å². The van der Waals surface area contributed by atoms with Crippen LogP contribution in [-0.4, -0.2) is 26.6 Å². The number of sulfonamides is 1. The highest BCUT2D eigenvalue weighted by molar-refractivity contribution is 7.92. The molecule has 0 aliphatic rings. The number of carboxylic acids is 1. The molecule has 0 heterocycles. The Morgan fingerprint density at radius 3 is 2.22 bits per heavy atom.